The number of carbonyl (C=O) groups is 1. The number of rotatable bonds is 3. The van der Waals surface area contributed by atoms with Gasteiger partial charge in [-0.3, -0.25) is 4.79 Å². The number of hydrogen-bond acceptors (Lipinski definition) is 1. The summed E-state index contributed by atoms with van der Waals surface area (Å²) in [4.78, 5) is 12.0. The summed E-state index contributed by atoms with van der Waals surface area (Å²) in [5.41, 5.74) is 0. The summed E-state index contributed by atoms with van der Waals surface area (Å²) in [5.74, 6) is 3.54. The first-order valence-electron chi connectivity index (χ1n) is 5.71. The Balaban J connectivity index is 3.06. The average molecular weight is 232 g/mol. The van der Waals surface area contributed by atoms with Crippen molar-refractivity contribution in [2.45, 2.75) is 32.5 Å². The fourth-order valence-corrected chi connectivity index (χ4v) is 3.83. The Labute approximate surface area is 99.6 Å². The van der Waals surface area contributed by atoms with Crippen LogP contribution in [0.3, 0.4) is 0 Å². The molecule has 0 heterocycles. The molecule has 2 heteroatoms. The van der Waals surface area contributed by atoms with E-state index in [1.165, 1.54) is 0 Å². The van der Waals surface area contributed by atoms with Gasteiger partial charge in [-0.05, 0) is 17.0 Å². The summed E-state index contributed by atoms with van der Waals surface area (Å²) in [6.07, 6.45) is 10.7. The summed E-state index contributed by atoms with van der Waals surface area (Å²) in [7, 11) is -1.52. The second-order valence-corrected chi connectivity index (χ2v) is 10.5. The molecule has 16 heavy (non-hydrogen) atoms. The van der Waals surface area contributed by atoms with E-state index in [1.807, 2.05) is 6.08 Å². The summed E-state index contributed by atoms with van der Waals surface area (Å²) < 4.78 is 0. The van der Waals surface area contributed by atoms with Crippen molar-refractivity contribution in [1.29, 1.82) is 0 Å². The van der Waals surface area contributed by atoms with Crippen molar-refractivity contribution in [2.75, 3.05) is 0 Å². The minimum absolute atomic E-state index is 0.226. The van der Waals surface area contributed by atoms with Crippen molar-refractivity contribution in [1.82, 2.24) is 0 Å². The minimum Gasteiger partial charge on any atom is -0.295 e. The van der Waals surface area contributed by atoms with Crippen LogP contribution in [0.5, 0.6) is 0 Å². The lowest BCUT2D eigenvalue weighted by Gasteiger charge is -2.31. The Bertz CT molecular complexity index is 365. The van der Waals surface area contributed by atoms with Crippen LogP contribution in [0.25, 0.3) is 0 Å². The Hall–Kier alpha value is -1.07. The lowest BCUT2D eigenvalue weighted by Crippen LogP contribution is -2.35. The van der Waals surface area contributed by atoms with Gasteiger partial charge >= 0.3 is 0 Å². The van der Waals surface area contributed by atoms with Crippen LogP contribution in [0, 0.1) is 24.2 Å². The van der Waals surface area contributed by atoms with Crippen LogP contribution in [-0.4, -0.2) is 13.9 Å². The maximum absolute atomic E-state index is 12.0. The smallest absolute Gasteiger partial charge is 0.155 e. The molecule has 1 aliphatic carbocycles. The minimum atomic E-state index is -1.52. The van der Waals surface area contributed by atoms with E-state index in [-0.39, 0.29) is 5.92 Å². The van der Waals surface area contributed by atoms with E-state index in [2.05, 4.69) is 38.2 Å². The van der Waals surface area contributed by atoms with E-state index in [1.54, 1.807) is 0 Å². The predicted octanol–water partition coefficient (Wildman–Crippen LogP) is 3.20. The van der Waals surface area contributed by atoms with Crippen molar-refractivity contribution in [3.63, 3.8) is 0 Å². The highest BCUT2D eigenvalue weighted by Gasteiger charge is 2.33. The van der Waals surface area contributed by atoms with Crippen molar-refractivity contribution >= 4 is 13.9 Å². The summed E-state index contributed by atoms with van der Waals surface area (Å²) in [6, 6.07) is 0. The Morgan fingerprint density at radius 1 is 1.62 bits per heavy atom. The number of Topliss-reactive ketones (excluding diaryl/α,β-unsaturated/α-hetero) is 1. The van der Waals surface area contributed by atoms with E-state index >= 15 is 0 Å². The molecule has 0 saturated carbocycles. The molecule has 1 aliphatic rings. The lowest BCUT2D eigenvalue weighted by molar-refractivity contribution is -0.116. The second-order valence-electron chi connectivity index (χ2n) is 5.43. The maximum atomic E-state index is 12.0. The standard InChI is InChI=1S/C14H20OSi/c1-6-8-12-10-14(16(3,4)5)13(15)9-11(12)7-2/h1,7,10-12H,2,8-9H2,3-5H3/t11-,12-/m0/s1. The molecule has 0 saturated heterocycles. The number of carbonyl (C=O) groups excluding carboxylic acids is 1. The van der Waals surface area contributed by atoms with E-state index in [0.29, 0.717) is 24.5 Å². The zero-order valence-electron chi connectivity index (χ0n) is 10.4. The van der Waals surface area contributed by atoms with E-state index in [0.717, 1.165) is 5.20 Å². The SMILES string of the molecule is C#CC[C@H]1C=C([Si](C)(C)C)C(=O)C[C@@H]1C=C. The quantitative estimate of drug-likeness (QED) is 0.415. The Morgan fingerprint density at radius 2 is 2.25 bits per heavy atom. The Morgan fingerprint density at radius 3 is 2.69 bits per heavy atom. The molecule has 0 aliphatic heterocycles. The third-order valence-corrected chi connectivity index (χ3v) is 5.18. The van der Waals surface area contributed by atoms with Crippen LogP contribution < -0.4 is 0 Å². The van der Waals surface area contributed by atoms with Gasteiger partial charge in [-0.25, -0.2) is 0 Å². The van der Waals surface area contributed by atoms with Gasteiger partial charge in [-0.15, -0.1) is 18.9 Å². The molecule has 0 unspecified atom stereocenters. The molecule has 0 spiro atoms. The molecule has 0 N–H and O–H groups in total. The molecule has 0 aromatic heterocycles. The first-order valence-corrected chi connectivity index (χ1v) is 9.21. The molecule has 0 fully saturated rings. The molecule has 0 bridgehead atoms. The van der Waals surface area contributed by atoms with Gasteiger partial charge in [0.2, 0.25) is 0 Å². The molecule has 1 nitrogen and oxygen atoms in total. The first-order chi connectivity index (χ1) is 7.40. The third-order valence-electron chi connectivity index (χ3n) is 3.12. The van der Waals surface area contributed by atoms with Crippen LogP contribution in [0.4, 0.5) is 0 Å². The largest absolute Gasteiger partial charge is 0.295 e. The molecule has 0 aromatic rings. The maximum Gasteiger partial charge on any atom is 0.155 e. The van der Waals surface area contributed by atoms with Gasteiger partial charge in [0.15, 0.2) is 5.78 Å². The normalized spacial score (nSPS) is 25.9. The van der Waals surface area contributed by atoms with Crippen LogP contribution in [0.2, 0.25) is 19.6 Å². The average Bonchev–Trinajstić information content (AvgIpc) is 2.18. The number of allylic oxidation sites excluding steroid dienone is 3. The molecule has 0 radical (unpaired) electrons. The summed E-state index contributed by atoms with van der Waals surface area (Å²) >= 11 is 0. The predicted molar refractivity (Wildman–Crippen MR) is 71.7 cm³/mol. The molecule has 86 valence electrons. The second kappa shape index (κ2) is 4.84. The van der Waals surface area contributed by atoms with Crippen LogP contribution >= 0.6 is 0 Å². The number of hydrogen-bond donors (Lipinski definition) is 0. The lowest BCUT2D eigenvalue weighted by atomic mass is 9.81. The highest BCUT2D eigenvalue weighted by molar-refractivity contribution is 6.87. The van der Waals surface area contributed by atoms with Crippen molar-refractivity contribution in [3.8, 4) is 12.3 Å². The van der Waals surface area contributed by atoms with Crippen molar-refractivity contribution in [2.24, 2.45) is 11.8 Å². The summed E-state index contributed by atoms with van der Waals surface area (Å²) in [6.45, 7) is 10.4. The van der Waals surface area contributed by atoms with Gasteiger partial charge in [-0.1, -0.05) is 31.8 Å². The number of ketones is 1. The molecule has 1 rings (SSSR count). The Kier molecular flexibility index (Phi) is 3.93. The highest BCUT2D eigenvalue weighted by atomic mass is 28.3. The van der Waals surface area contributed by atoms with Crippen molar-refractivity contribution in [3.05, 3.63) is 23.9 Å². The van der Waals surface area contributed by atoms with Crippen LogP contribution in [-0.2, 0) is 4.79 Å². The van der Waals surface area contributed by atoms with Gasteiger partial charge in [0.25, 0.3) is 0 Å². The van der Waals surface area contributed by atoms with E-state index in [9.17, 15) is 4.79 Å². The first kappa shape index (κ1) is 13.0. The topological polar surface area (TPSA) is 17.1 Å². The van der Waals surface area contributed by atoms with Gasteiger partial charge < -0.3 is 0 Å². The van der Waals surface area contributed by atoms with E-state index in [4.69, 9.17) is 6.42 Å². The third kappa shape index (κ3) is 2.74. The molecular weight excluding hydrogens is 212 g/mol. The van der Waals surface area contributed by atoms with Gasteiger partial charge in [-0.2, -0.15) is 0 Å². The fourth-order valence-electron chi connectivity index (χ4n) is 2.18. The molecule has 0 aromatic carbocycles. The van der Waals surface area contributed by atoms with Gasteiger partial charge in [0.1, 0.15) is 0 Å². The van der Waals surface area contributed by atoms with Crippen LogP contribution in [0.1, 0.15) is 12.8 Å². The zero-order chi connectivity index (χ0) is 12.3. The van der Waals surface area contributed by atoms with Crippen molar-refractivity contribution < 1.29 is 4.79 Å². The number of terminal acetylenes is 1. The van der Waals surface area contributed by atoms with Gasteiger partial charge in [0, 0.05) is 12.8 Å². The fraction of sp³-hybridized carbons (Fsp3) is 0.500. The monoisotopic (exact) mass is 232 g/mol. The highest BCUT2D eigenvalue weighted by Crippen LogP contribution is 2.33. The molecular formula is C14H20OSi. The molecule has 2 atom stereocenters. The van der Waals surface area contributed by atoms with Crippen LogP contribution in [0.15, 0.2) is 23.9 Å². The summed E-state index contributed by atoms with van der Waals surface area (Å²) in [5, 5.41) is 1.06. The van der Waals surface area contributed by atoms with Gasteiger partial charge in [0.05, 0.1) is 8.07 Å². The molecule has 0 amide bonds. The zero-order valence-corrected chi connectivity index (χ0v) is 11.4. The van der Waals surface area contributed by atoms with E-state index < -0.39 is 8.07 Å².